The number of nitrogens with zero attached hydrogens (tertiary/aromatic N) is 2. The van der Waals surface area contributed by atoms with Crippen LogP contribution in [0.3, 0.4) is 0 Å². The molecule has 1 aliphatic rings. The first-order valence-corrected chi connectivity index (χ1v) is 7.22. The molecule has 1 fully saturated rings. The topological polar surface area (TPSA) is 69.4 Å². The van der Waals surface area contributed by atoms with Crippen molar-refractivity contribution in [3.63, 3.8) is 0 Å². The highest BCUT2D eigenvalue weighted by Crippen LogP contribution is 2.18. The number of para-hydroxylation sites is 1. The fourth-order valence-electron chi connectivity index (χ4n) is 2.17. The van der Waals surface area contributed by atoms with Crippen molar-refractivity contribution in [1.29, 1.82) is 0 Å². The second-order valence-electron chi connectivity index (χ2n) is 4.88. The van der Waals surface area contributed by atoms with Crippen molar-refractivity contribution in [2.45, 2.75) is 18.9 Å². The highest BCUT2D eigenvalue weighted by Gasteiger charge is 2.22. The molecule has 6 heteroatoms. The number of hydrogen-bond acceptors (Lipinski definition) is 6. The van der Waals surface area contributed by atoms with Crippen molar-refractivity contribution in [1.82, 2.24) is 10.1 Å². The molecule has 2 aromatic rings. The van der Waals surface area contributed by atoms with Gasteiger partial charge in [-0.25, -0.2) is 0 Å². The summed E-state index contributed by atoms with van der Waals surface area (Å²) < 4.78 is 16.1. The zero-order valence-electron chi connectivity index (χ0n) is 11.8. The number of hydrogen-bond donors (Lipinski definition) is 1. The van der Waals surface area contributed by atoms with Crippen LogP contribution in [-0.4, -0.2) is 36.5 Å². The Labute approximate surface area is 123 Å². The minimum absolute atomic E-state index is 0.196. The quantitative estimate of drug-likeness (QED) is 0.822. The predicted octanol–water partition coefficient (Wildman–Crippen LogP) is 2.20. The van der Waals surface area contributed by atoms with Crippen molar-refractivity contribution in [2.75, 3.05) is 31.7 Å². The number of nitrogens with one attached hydrogen (secondary N) is 1. The Hall–Kier alpha value is -1.92. The SMILES string of the molecule is c1ccc(NCCCc2nc(C3COCCO3)no2)cc1. The zero-order valence-corrected chi connectivity index (χ0v) is 11.8. The van der Waals surface area contributed by atoms with E-state index in [1.165, 1.54) is 0 Å². The van der Waals surface area contributed by atoms with Gasteiger partial charge in [0.25, 0.3) is 0 Å². The van der Waals surface area contributed by atoms with Crippen LogP contribution in [0.5, 0.6) is 0 Å². The van der Waals surface area contributed by atoms with E-state index in [1.54, 1.807) is 0 Å². The molecule has 1 saturated heterocycles. The average molecular weight is 289 g/mol. The van der Waals surface area contributed by atoms with Gasteiger partial charge in [0.1, 0.15) is 6.10 Å². The molecule has 0 radical (unpaired) electrons. The Balaban J connectivity index is 1.42. The average Bonchev–Trinajstić information content (AvgIpc) is 3.02. The molecular formula is C15H19N3O3. The Morgan fingerprint density at radius 3 is 2.90 bits per heavy atom. The van der Waals surface area contributed by atoms with E-state index in [2.05, 4.69) is 15.5 Å². The van der Waals surface area contributed by atoms with Crippen LogP contribution in [0.15, 0.2) is 34.9 Å². The third-order valence-electron chi connectivity index (χ3n) is 3.26. The van der Waals surface area contributed by atoms with Gasteiger partial charge in [-0.1, -0.05) is 23.4 Å². The summed E-state index contributed by atoms with van der Waals surface area (Å²) in [5.41, 5.74) is 1.12. The summed E-state index contributed by atoms with van der Waals surface area (Å²) in [7, 11) is 0. The number of aromatic nitrogens is 2. The molecule has 21 heavy (non-hydrogen) atoms. The van der Waals surface area contributed by atoms with E-state index in [1.807, 2.05) is 30.3 Å². The molecular weight excluding hydrogens is 270 g/mol. The minimum atomic E-state index is -0.196. The predicted molar refractivity (Wildman–Crippen MR) is 77.1 cm³/mol. The molecule has 1 unspecified atom stereocenters. The number of benzene rings is 1. The molecule has 2 heterocycles. The molecule has 1 N–H and O–H groups in total. The van der Waals surface area contributed by atoms with E-state index < -0.39 is 0 Å². The molecule has 1 atom stereocenters. The standard InChI is InChI=1S/C15H19N3O3/c1-2-5-12(6-3-1)16-8-4-7-14-17-15(18-21-14)13-11-19-9-10-20-13/h1-3,5-6,13,16H,4,7-11H2. The van der Waals surface area contributed by atoms with Gasteiger partial charge in [-0.05, 0) is 18.6 Å². The molecule has 112 valence electrons. The van der Waals surface area contributed by atoms with E-state index in [-0.39, 0.29) is 6.10 Å². The number of ether oxygens (including phenoxy) is 2. The Kier molecular flexibility index (Phi) is 4.81. The first kappa shape index (κ1) is 14.0. The zero-order chi connectivity index (χ0) is 14.3. The van der Waals surface area contributed by atoms with Gasteiger partial charge in [0, 0.05) is 18.7 Å². The molecule has 0 aliphatic carbocycles. The van der Waals surface area contributed by atoms with Gasteiger partial charge in [0.05, 0.1) is 19.8 Å². The summed E-state index contributed by atoms with van der Waals surface area (Å²) >= 11 is 0. The smallest absolute Gasteiger partial charge is 0.226 e. The summed E-state index contributed by atoms with van der Waals surface area (Å²) in [6.45, 7) is 2.57. The molecule has 0 spiro atoms. The van der Waals surface area contributed by atoms with Gasteiger partial charge in [-0.2, -0.15) is 4.98 Å². The van der Waals surface area contributed by atoms with Crippen molar-refractivity contribution in [3.8, 4) is 0 Å². The van der Waals surface area contributed by atoms with Crippen molar-refractivity contribution < 1.29 is 14.0 Å². The fourth-order valence-corrected chi connectivity index (χ4v) is 2.17. The van der Waals surface area contributed by atoms with Gasteiger partial charge >= 0.3 is 0 Å². The molecule has 0 amide bonds. The monoisotopic (exact) mass is 289 g/mol. The maximum absolute atomic E-state index is 5.54. The van der Waals surface area contributed by atoms with Crippen molar-refractivity contribution in [2.24, 2.45) is 0 Å². The van der Waals surface area contributed by atoms with E-state index in [0.29, 0.717) is 31.5 Å². The minimum Gasteiger partial charge on any atom is -0.385 e. The van der Waals surface area contributed by atoms with Crippen LogP contribution >= 0.6 is 0 Å². The van der Waals surface area contributed by atoms with Crippen LogP contribution in [0, 0.1) is 0 Å². The largest absolute Gasteiger partial charge is 0.385 e. The normalized spacial score (nSPS) is 18.6. The number of rotatable bonds is 6. The van der Waals surface area contributed by atoms with Crippen LogP contribution in [0.25, 0.3) is 0 Å². The van der Waals surface area contributed by atoms with E-state index in [0.717, 1.165) is 25.1 Å². The van der Waals surface area contributed by atoms with Gasteiger partial charge < -0.3 is 19.3 Å². The molecule has 0 bridgehead atoms. The van der Waals surface area contributed by atoms with E-state index in [4.69, 9.17) is 14.0 Å². The first-order chi connectivity index (χ1) is 10.4. The van der Waals surface area contributed by atoms with Crippen molar-refractivity contribution in [3.05, 3.63) is 42.0 Å². The van der Waals surface area contributed by atoms with Gasteiger partial charge in [-0.3, -0.25) is 0 Å². The van der Waals surface area contributed by atoms with Crippen molar-refractivity contribution >= 4 is 5.69 Å². The van der Waals surface area contributed by atoms with E-state index in [9.17, 15) is 0 Å². The highest BCUT2D eigenvalue weighted by atomic mass is 16.6. The van der Waals surface area contributed by atoms with Gasteiger partial charge in [-0.15, -0.1) is 0 Å². The first-order valence-electron chi connectivity index (χ1n) is 7.22. The molecule has 6 nitrogen and oxygen atoms in total. The van der Waals surface area contributed by atoms with Crippen LogP contribution in [0.1, 0.15) is 24.2 Å². The lowest BCUT2D eigenvalue weighted by Gasteiger charge is -2.19. The lowest BCUT2D eigenvalue weighted by molar-refractivity contribution is -0.0941. The van der Waals surface area contributed by atoms with Gasteiger partial charge in [0.15, 0.2) is 0 Å². The Morgan fingerprint density at radius 2 is 2.10 bits per heavy atom. The summed E-state index contributed by atoms with van der Waals surface area (Å²) in [6.07, 6.45) is 1.48. The third-order valence-corrected chi connectivity index (χ3v) is 3.26. The highest BCUT2D eigenvalue weighted by molar-refractivity contribution is 5.42. The van der Waals surface area contributed by atoms with Crippen LogP contribution in [-0.2, 0) is 15.9 Å². The molecule has 0 saturated carbocycles. The second kappa shape index (κ2) is 7.19. The Bertz CT molecular complexity index is 538. The molecule has 1 aliphatic heterocycles. The molecule has 3 rings (SSSR count). The summed E-state index contributed by atoms with van der Waals surface area (Å²) in [5.74, 6) is 1.23. The van der Waals surface area contributed by atoms with Crippen LogP contribution < -0.4 is 5.32 Å². The Morgan fingerprint density at radius 1 is 1.19 bits per heavy atom. The fraction of sp³-hybridized carbons (Fsp3) is 0.467. The van der Waals surface area contributed by atoms with Crippen LogP contribution in [0.2, 0.25) is 0 Å². The lowest BCUT2D eigenvalue weighted by Crippen LogP contribution is -2.22. The number of aryl methyl sites for hydroxylation is 1. The van der Waals surface area contributed by atoms with Crippen LogP contribution in [0.4, 0.5) is 5.69 Å². The maximum atomic E-state index is 5.54. The summed E-state index contributed by atoms with van der Waals surface area (Å²) in [4.78, 5) is 4.37. The van der Waals surface area contributed by atoms with Gasteiger partial charge in [0.2, 0.25) is 11.7 Å². The lowest BCUT2D eigenvalue weighted by atomic mass is 10.2. The summed E-state index contributed by atoms with van der Waals surface area (Å²) in [6, 6.07) is 10.1. The summed E-state index contributed by atoms with van der Waals surface area (Å²) in [5, 5.41) is 7.32. The van der Waals surface area contributed by atoms with E-state index >= 15 is 0 Å². The third kappa shape index (κ3) is 4.03. The molecule has 1 aromatic heterocycles. The number of anilines is 1. The molecule has 1 aromatic carbocycles. The maximum Gasteiger partial charge on any atom is 0.226 e. The second-order valence-corrected chi connectivity index (χ2v) is 4.88.